The predicted molar refractivity (Wildman–Crippen MR) is 68.4 cm³/mol. The van der Waals surface area contributed by atoms with Crippen molar-refractivity contribution in [2.45, 2.75) is 6.54 Å². The monoisotopic (exact) mass is 257 g/mol. The smallest absolute Gasteiger partial charge is 0.288 e. The Morgan fingerprint density at radius 1 is 1.53 bits per heavy atom. The standard InChI is InChI=1S/C11H16ClN3O2/c1-13-5-6-14(2)8-9-3-4-10(12)11(7-9)15(16)17/h3-4,7,13H,5-6,8H2,1-2H3. The molecule has 0 saturated heterocycles. The highest BCUT2D eigenvalue weighted by molar-refractivity contribution is 6.32. The Hall–Kier alpha value is -1.17. The molecule has 0 aliphatic rings. The second-order valence-corrected chi connectivity index (χ2v) is 4.29. The molecule has 0 aliphatic heterocycles. The fourth-order valence-electron chi connectivity index (χ4n) is 1.49. The number of nitro groups is 1. The van der Waals surface area contributed by atoms with E-state index in [2.05, 4.69) is 10.2 Å². The van der Waals surface area contributed by atoms with Crippen molar-refractivity contribution < 1.29 is 4.92 Å². The summed E-state index contributed by atoms with van der Waals surface area (Å²) in [4.78, 5) is 12.4. The summed E-state index contributed by atoms with van der Waals surface area (Å²) in [6, 6.07) is 4.91. The number of nitro benzene ring substituents is 1. The van der Waals surface area contributed by atoms with Gasteiger partial charge in [-0.3, -0.25) is 10.1 Å². The molecule has 1 rings (SSSR count). The van der Waals surface area contributed by atoms with E-state index in [-0.39, 0.29) is 10.7 Å². The number of hydrogen-bond acceptors (Lipinski definition) is 4. The number of halogens is 1. The average molecular weight is 258 g/mol. The van der Waals surface area contributed by atoms with E-state index in [1.165, 1.54) is 6.07 Å². The van der Waals surface area contributed by atoms with E-state index < -0.39 is 4.92 Å². The van der Waals surface area contributed by atoms with E-state index in [1.807, 2.05) is 20.2 Å². The molecule has 0 saturated carbocycles. The number of benzene rings is 1. The van der Waals surface area contributed by atoms with Gasteiger partial charge in [0, 0.05) is 25.7 Å². The minimum Gasteiger partial charge on any atom is -0.318 e. The molecule has 6 heteroatoms. The Morgan fingerprint density at radius 3 is 2.82 bits per heavy atom. The SMILES string of the molecule is CNCCN(C)Cc1ccc(Cl)c([N+](=O)[O-])c1. The summed E-state index contributed by atoms with van der Waals surface area (Å²) < 4.78 is 0. The molecule has 0 amide bonds. The number of rotatable bonds is 6. The van der Waals surface area contributed by atoms with Crippen LogP contribution in [0.4, 0.5) is 5.69 Å². The van der Waals surface area contributed by atoms with Gasteiger partial charge < -0.3 is 10.2 Å². The van der Waals surface area contributed by atoms with Gasteiger partial charge in [0.15, 0.2) is 0 Å². The maximum Gasteiger partial charge on any atom is 0.288 e. The predicted octanol–water partition coefficient (Wildman–Crippen LogP) is 1.90. The van der Waals surface area contributed by atoms with Crippen molar-refractivity contribution in [2.24, 2.45) is 0 Å². The first kappa shape index (κ1) is 13.9. The first-order valence-corrected chi connectivity index (χ1v) is 5.68. The minimum absolute atomic E-state index is 0.0359. The minimum atomic E-state index is -0.459. The van der Waals surface area contributed by atoms with Crippen LogP contribution in [0.2, 0.25) is 5.02 Å². The summed E-state index contributed by atoms with van der Waals surface area (Å²) >= 11 is 5.75. The third-order valence-electron chi connectivity index (χ3n) is 2.40. The maximum absolute atomic E-state index is 10.7. The third kappa shape index (κ3) is 4.30. The molecular weight excluding hydrogens is 242 g/mol. The van der Waals surface area contributed by atoms with Crippen LogP contribution in [0.3, 0.4) is 0 Å². The molecule has 0 heterocycles. The normalized spacial score (nSPS) is 10.8. The van der Waals surface area contributed by atoms with Crippen LogP contribution in [0.15, 0.2) is 18.2 Å². The molecule has 0 fully saturated rings. The van der Waals surface area contributed by atoms with Crippen molar-refractivity contribution in [3.8, 4) is 0 Å². The van der Waals surface area contributed by atoms with Crippen LogP contribution in [-0.4, -0.2) is 37.0 Å². The second-order valence-electron chi connectivity index (χ2n) is 3.88. The van der Waals surface area contributed by atoms with E-state index in [9.17, 15) is 10.1 Å². The lowest BCUT2D eigenvalue weighted by atomic mass is 10.2. The summed E-state index contributed by atoms with van der Waals surface area (Å²) in [5.41, 5.74) is 0.853. The van der Waals surface area contributed by atoms with Crippen molar-refractivity contribution >= 4 is 17.3 Å². The lowest BCUT2D eigenvalue weighted by Gasteiger charge is -2.16. The average Bonchev–Trinajstić information content (AvgIpc) is 2.28. The topological polar surface area (TPSA) is 58.4 Å². The van der Waals surface area contributed by atoms with Gasteiger partial charge in [-0.1, -0.05) is 17.7 Å². The molecule has 0 unspecified atom stereocenters. The summed E-state index contributed by atoms with van der Waals surface area (Å²) in [5, 5.41) is 14.0. The van der Waals surface area contributed by atoms with Crippen LogP contribution >= 0.6 is 11.6 Å². The summed E-state index contributed by atoms with van der Waals surface area (Å²) in [6.45, 7) is 2.43. The fourth-order valence-corrected chi connectivity index (χ4v) is 1.68. The zero-order valence-corrected chi connectivity index (χ0v) is 10.7. The van der Waals surface area contributed by atoms with Gasteiger partial charge in [-0.2, -0.15) is 0 Å². The molecule has 0 atom stereocenters. The molecule has 0 aliphatic carbocycles. The molecule has 0 radical (unpaired) electrons. The first-order valence-electron chi connectivity index (χ1n) is 5.30. The van der Waals surface area contributed by atoms with Gasteiger partial charge in [-0.25, -0.2) is 0 Å². The Balaban J connectivity index is 2.72. The molecule has 5 nitrogen and oxygen atoms in total. The quantitative estimate of drug-likeness (QED) is 0.625. The highest BCUT2D eigenvalue weighted by Gasteiger charge is 2.13. The van der Waals surface area contributed by atoms with E-state index in [0.717, 1.165) is 18.7 Å². The second kappa shape index (κ2) is 6.54. The van der Waals surface area contributed by atoms with Crippen LogP contribution < -0.4 is 5.32 Å². The fraction of sp³-hybridized carbons (Fsp3) is 0.455. The summed E-state index contributed by atoms with van der Waals surface area (Å²) in [7, 11) is 3.86. The van der Waals surface area contributed by atoms with E-state index in [4.69, 9.17) is 11.6 Å². The number of hydrogen-bond donors (Lipinski definition) is 1. The zero-order chi connectivity index (χ0) is 12.8. The maximum atomic E-state index is 10.7. The first-order chi connectivity index (χ1) is 8.04. The summed E-state index contributed by atoms with van der Waals surface area (Å²) in [5.74, 6) is 0. The van der Waals surface area contributed by atoms with Crippen molar-refractivity contribution in [2.75, 3.05) is 27.2 Å². The van der Waals surface area contributed by atoms with Crippen LogP contribution in [0.1, 0.15) is 5.56 Å². The van der Waals surface area contributed by atoms with E-state index in [0.29, 0.717) is 6.54 Å². The van der Waals surface area contributed by atoms with Crippen molar-refractivity contribution in [3.63, 3.8) is 0 Å². The molecule has 1 aromatic rings. The molecule has 0 bridgehead atoms. The van der Waals surface area contributed by atoms with Gasteiger partial charge in [0.1, 0.15) is 5.02 Å². The van der Waals surface area contributed by atoms with Gasteiger partial charge >= 0.3 is 0 Å². The highest BCUT2D eigenvalue weighted by atomic mass is 35.5. The van der Waals surface area contributed by atoms with Crippen LogP contribution in [0.25, 0.3) is 0 Å². The van der Waals surface area contributed by atoms with Gasteiger partial charge in [0.05, 0.1) is 4.92 Å². The molecule has 1 aromatic carbocycles. The number of likely N-dealkylation sites (N-methyl/N-ethyl adjacent to an activating group) is 2. The van der Waals surface area contributed by atoms with Gasteiger partial charge in [0.2, 0.25) is 0 Å². The van der Waals surface area contributed by atoms with Crippen LogP contribution in [0.5, 0.6) is 0 Å². The van der Waals surface area contributed by atoms with E-state index >= 15 is 0 Å². The van der Waals surface area contributed by atoms with Crippen molar-refractivity contribution in [1.82, 2.24) is 10.2 Å². The lowest BCUT2D eigenvalue weighted by molar-refractivity contribution is -0.384. The van der Waals surface area contributed by atoms with Gasteiger partial charge in [-0.05, 0) is 25.7 Å². The van der Waals surface area contributed by atoms with Gasteiger partial charge in [-0.15, -0.1) is 0 Å². The van der Waals surface area contributed by atoms with Crippen LogP contribution in [0, 0.1) is 10.1 Å². The van der Waals surface area contributed by atoms with E-state index in [1.54, 1.807) is 6.07 Å². The molecule has 0 spiro atoms. The highest BCUT2D eigenvalue weighted by Crippen LogP contribution is 2.25. The Morgan fingerprint density at radius 2 is 2.24 bits per heavy atom. The Kier molecular flexibility index (Phi) is 5.34. The lowest BCUT2D eigenvalue weighted by Crippen LogP contribution is -2.26. The molecule has 17 heavy (non-hydrogen) atoms. The van der Waals surface area contributed by atoms with Crippen molar-refractivity contribution in [1.29, 1.82) is 0 Å². The van der Waals surface area contributed by atoms with Gasteiger partial charge in [0.25, 0.3) is 5.69 Å². The summed E-state index contributed by atoms with van der Waals surface area (Å²) in [6.07, 6.45) is 0. The molecular formula is C11H16ClN3O2. The van der Waals surface area contributed by atoms with Crippen LogP contribution in [-0.2, 0) is 6.54 Å². The number of nitrogens with zero attached hydrogens (tertiary/aromatic N) is 2. The largest absolute Gasteiger partial charge is 0.318 e. The Labute approximate surface area is 106 Å². The number of nitrogens with one attached hydrogen (secondary N) is 1. The van der Waals surface area contributed by atoms with Crippen molar-refractivity contribution in [3.05, 3.63) is 38.9 Å². The molecule has 1 N–H and O–H groups in total. The zero-order valence-electron chi connectivity index (χ0n) is 9.94. The third-order valence-corrected chi connectivity index (χ3v) is 2.72. The Bertz CT molecular complexity index is 398. The molecule has 0 aromatic heterocycles. The molecule has 94 valence electrons.